The van der Waals surface area contributed by atoms with E-state index in [0.717, 1.165) is 10.8 Å². The Hall–Kier alpha value is -1.63. The molecule has 0 saturated carbocycles. The van der Waals surface area contributed by atoms with Crippen LogP contribution in [0.1, 0.15) is 0 Å². The molecule has 18 heavy (non-hydrogen) atoms. The van der Waals surface area contributed by atoms with Crippen molar-refractivity contribution in [2.45, 2.75) is 0 Å². The molecule has 0 bridgehead atoms. The third-order valence-corrected chi connectivity index (χ3v) is 2.77. The number of hydrogen-bond donors (Lipinski definition) is 1. The van der Waals surface area contributed by atoms with E-state index < -0.39 is 10.4 Å². The average molecular weight is 268 g/mol. The third kappa shape index (κ3) is 3.69. The molecule has 2 aromatic rings. The van der Waals surface area contributed by atoms with Crippen LogP contribution >= 0.6 is 0 Å². The standard InChI is InChI=1S/C12H12O5S/c13-18(14,15)17-8-7-16-12-6-5-10-3-1-2-4-11(10)9-12/h1-6,9H,7-8H2,(H,13,14,15). The molecule has 96 valence electrons. The monoisotopic (exact) mass is 268 g/mol. The molecule has 0 atom stereocenters. The van der Waals surface area contributed by atoms with E-state index in [1.807, 2.05) is 36.4 Å². The molecule has 0 aliphatic carbocycles. The molecule has 6 heteroatoms. The Kier molecular flexibility index (Phi) is 3.81. The van der Waals surface area contributed by atoms with E-state index in [4.69, 9.17) is 9.29 Å². The molecule has 0 amide bonds. The molecule has 1 N–H and O–H groups in total. The van der Waals surface area contributed by atoms with Crippen molar-refractivity contribution >= 4 is 21.2 Å². The van der Waals surface area contributed by atoms with Gasteiger partial charge in [0.1, 0.15) is 19.0 Å². The summed E-state index contributed by atoms with van der Waals surface area (Å²) in [5.74, 6) is 0.618. The van der Waals surface area contributed by atoms with Crippen LogP contribution in [0.3, 0.4) is 0 Å². The smallest absolute Gasteiger partial charge is 0.397 e. The van der Waals surface area contributed by atoms with Gasteiger partial charge in [0, 0.05) is 0 Å². The Morgan fingerprint density at radius 2 is 1.72 bits per heavy atom. The lowest BCUT2D eigenvalue weighted by Gasteiger charge is -2.06. The molecular formula is C12H12O5S. The van der Waals surface area contributed by atoms with Crippen molar-refractivity contribution in [1.82, 2.24) is 0 Å². The van der Waals surface area contributed by atoms with Gasteiger partial charge in [0.05, 0.1) is 0 Å². The van der Waals surface area contributed by atoms with Crippen LogP contribution in [0.25, 0.3) is 10.8 Å². The van der Waals surface area contributed by atoms with Crippen molar-refractivity contribution < 1.29 is 21.9 Å². The van der Waals surface area contributed by atoms with E-state index in [-0.39, 0.29) is 13.2 Å². The van der Waals surface area contributed by atoms with E-state index in [1.54, 1.807) is 6.07 Å². The molecule has 0 aromatic heterocycles. The fourth-order valence-corrected chi connectivity index (χ4v) is 1.83. The number of fused-ring (bicyclic) bond motifs is 1. The van der Waals surface area contributed by atoms with E-state index in [2.05, 4.69) is 4.18 Å². The van der Waals surface area contributed by atoms with E-state index in [0.29, 0.717) is 5.75 Å². The molecule has 0 heterocycles. The Balaban J connectivity index is 1.96. The molecule has 0 fully saturated rings. The van der Waals surface area contributed by atoms with Gasteiger partial charge in [0.15, 0.2) is 0 Å². The van der Waals surface area contributed by atoms with Gasteiger partial charge in [-0.1, -0.05) is 30.3 Å². The molecule has 2 aromatic carbocycles. The predicted octanol–water partition coefficient (Wildman–Crippen LogP) is 2.04. The average Bonchev–Trinajstić information content (AvgIpc) is 2.33. The Labute approximate surface area is 105 Å². The maximum Gasteiger partial charge on any atom is 0.397 e. The molecule has 0 spiro atoms. The van der Waals surface area contributed by atoms with Gasteiger partial charge in [0.2, 0.25) is 0 Å². The quantitative estimate of drug-likeness (QED) is 0.663. The van der Waals surface area contributed by atoms with Gasteiger partial charge in [-0.3, -0.25) is 4.55 Å². The second kappa shape index (κ2) is 5.34. The summed E-state index contributed by atoms with van der Waals surface area (Å²) < 4.78 is 38.4. The van der Waals surface area contributed by atoms with Crippen LogP contribution in [-0.4, -0.2) is 26.2 Å². The Morgan fingerprint density at radius 3 is 2.44 bits per heavy atom. The second-order valence-electron chi connectivity index (χ2n) is 3.61. The first-order valence-electron chi connectivity index (χ1n) is 5.28. The van der Waals surface area contributed by atoms with Crippen LogP contribution in [0.2, 0.25) is 0 Å². The van der Waals surface area contributed by atoms with Gasteiger partial charge in [-0.05, 0) is 22.9 Å². The summed E-state index contributed by atoms with van der Waals surface area (Å²) in [4.78, 5) is 0. The van der Waals surface area contributed by atoms with Gasteiger partial charge in [-0.25, -0.2) is 4.18 Å². The topological polar surface area (TPSA) is 72.8 Å². The Morgan fingerprint density at radius 1 is 1.00 bits per heavy atom. The van der Waals surface area contributed by atoms with Crippen LogP contribution in [0.5, 0.6) is 5.75 Å². The van der Waals surface area contributed by atoms with Gasteiger partial charge in [-0.2, -0.15) is 8.42 Å². The lowest BCUT2D eigenvalue weighted by Crippen LogP contribution is -2.11. The summed E-state index contributed by atoms with van der Waals surface area (Å²) in [6.45, 7) is -0.191. The summed E-state index contributed by atoms with van der Waals surface area (Å²) in [6, 6.07) is 13.4. The van der Waals surface area contributed by atoms with Crippen LogP contribution in [-0.2, 0) is 14.6 Å². The highest BCUT2D eigenvalue weighted by molar-refractivity contribution is 7.80. The zero-order valence-electron chi connectivity index (χ0n) is 9.44. The minimum Gasteiger partial charge on any atom is -0.491 e. The maximum absolute atomic E-state index is 10.3. The Bertz CT molecular complexity index is 636. The van der Waals surface area contributed by atoms with Crippen LogP contribution < -0.4 is 4.74 Å². The van der Waals surface area contributed by atoms with Gasteiger partial charge >= 0.3 is 10.4 Å². The van der Waals surface area contributed by atoms with Gasteiger partial charge < -0.3 is 4.74 Å². The molecule has 0 aliphatic rings. The molecule has 0 unspecified atom stereocenters. The molecule has 5 nitrogen and oxygen atoms in total. The second-order valence-corrected chi connectivity index (χ2v) is 4.70. The summed E-state index contributed by atoms with van der Waals surface area (Å²) in [7, 11) is -4.39. The van der Waals surface area contributed by atoms with Crippen LogP contribution in [0.4, 0.5) is 0 Å². The number of benzene rings is 2. The van der Waals surface area contributed by atoms with Crippen LogP contribution in [0, 0.1) is 0 Å². The highest BCUT2D eigenvalue weighted by atomic mass is 32.3. The van der Waals surface area contributed by atoms with Crippen molar-refractivity contribution in [2.24, 2.45) is 0 Å². The van der Waals surface area contributed by atoms with Crippen molar-refractivity contribution in [1.29, 1.82) is 0 Å². The van der Waals surface area contributed by atoms with E-state index in [1.165, 1.54) is 0 Å². The molecular weight excluding hydrogens is 256 g/mol. The number of ether oxygens (including phenoxy) is 1. The van der Waals surface area contributed by atoms with Gasteiger partial charge in [-0.15, -0.1) is 0 Å². The molecule has 2 rings (SSSR count). The number of hydrogen-bond acceptors (Lipinski definition) is 4. The summed E-state index contributed by atoms with van der Waals surface area (Å²) in [5, 5.41) is 2.13. The first-order valence-corrected chi connectivity index (χ1v) is 6.64. The molecule has 0 radical (unpaired) electrons. The summed E-state index contributed by atoms with van der Waals surface area (Å²) >= 11 is 0. The van der Waals surface area contributed by atoms with E-state index in [9.17, 15) is 8.42 Å². The lowest BCUT2D eigenvalue weighted by molar-refractivity contribution is 0.202. The zero-order valence-corrected chi connectivity index (χ0v) is 10.3. The normalized spacial score (nSPS) is 11.6. The van der Waals surface area contributed by atoms with Crippen molar-refractivity contribution in [3.05, 3.63) is 42.5 Å². The summed E-state index contributed by atoms with van der Waals surface area (Å²) in [6.07, 6.45) is 0. The van der Waals surface area contributed by atoms with Crippen molar-refractivity contribution in [3.8, 4) is 5.75 Å². The highest BCUT2D eigenvalue weighted by Crippen LogP contribution is 2.20. The largest absolute Gasteiger partial charge is 0.491 e. The SMILES string of the molecule is O=S(=O)(O)OCCOc1ccc2ccccc2c1. The first kappa shape index (κ1) is 12.8. The summed E-state index contributed by atoms with van der Waals surface area (Å²) in [5.41, 5.74) is 0. The molecule has 0 saturated heterocycles. The fourth-order valence-electron chi connectivity index (χ4n) is 1.56. The number of rotatable bonds is 5. The highest BCUT2D eigenvalue weighted by Gasteiger charge is 2.03. The zero-order chi connectivity index (χ0) is 13.0. The minimum atomic E-state index is -4.39. The lowest BCUT2D eigenvalue weighted by atomic mass is 10.1. The third-order valence-electron chi connectivity index (χ3n) is 2.31. The minimum absolute atomic E-state index is 0.0398. The fraction of sp³-hybridized carbons (Fsp3) is 0.167. The van der Waals surface area contributed by atoms with E-state index >= 15 is 0 Å². The van der Waals surface area contributed by atoms with Crippen molar-refractivity contribution in [2.75, 3.05) is 13.2 Å². The maximum atomic E-state index is 10.3. The first-order chi connectivity index (χ1) is 8.54. The van der Waals surface area contributed by atoms with Crippen LogP contribution in [0.15, 0.2) is 42.5 Å². The van der Waals surface area contributed by atoms with Crippen molar-refractivity contribution in [3.63, 3.8) is 0 Å². The predicted molar refractivity (Wildman–Crippen MR) is 66.9 cm³/mol. The van der Waals surface area contributed by atoms with Gasteiger partial charge in [0.25, 0.3) is 0 Å². The molecule has 0 aliphatic heterocycles.